The minimum Gasteiger partial charge on any atom is -0.211 e. The Morgan fingerprint density at radius 1 is 1.00 bits per heavy atom. The standard InChI is InChI=1S/C17H19NO2S/c1-15(16-10-4-2-5-11-16)9-8-14-18-21(19,20)17-12-6-3-7-13-17/h2-7,9-13,18H,8,14H2,1H3/b15-9+. The quantitative estimate of drug-likeness (QED) is 0.831. The first kappa shape index (κ1) is 15.5. The van der Waals surface area contributed by atoms with Crippen molar-refractivity contribution in [2.75, 3.05) is 6.54 Å². The van der Waals surface area contributed by atoms with Gasteiger partial charge in [0.15, 0.2) is 0 Å². The highest BCUT2D eigenvalue weighted by atomic mass is 32.2. The van der Waals surface area contributed by atoms with E-state index in [0.717, 1.165) is 11.1 Å². The predicted octanol–water partition coefficient (Wildman–Crippen LogP) is 3.46. The van der Waals surface area contributed by atoms with Crippen molar-refractivity contribution in [1.29, 1.82) is 0 Å². The first-order chi connectivity index (χ1) is 10.1. The van der Waals surface area contributed by atoms with E-state index in [1.807, 2.05) is 43.3 Å². The summed E-state index contributed by atoms with van der Waals surface area (Å²) >= 11 is 0. The summed E-state index contributed by atoms with van der Waals surface area (Å²) in [6, 6.07) is 18.5. The maximum atomic E-state index is 12.0. The lowest BCUT2D eigenvalue weighted by molar-refractivity contribution is 0.582. The first-order valence-electron chi connectivity index (χ1n) is 6.86. The van der Waals surface area contributed by atoms with Gasteiger partial charge in [0.05, 0.1) is 4.90 Å². The Morgan fingerprint density at radius 3 is 2.19 bits per heavy atom. The lowest BCUT2D eigenvalue weighted by Crippen LogP contribution is -2.24. The molecule has 2 rings (SSSR count). The normalized spacial score (nSPS) is 12.3. The van der Waals surface area contributed by atoms with Gasteiger partial charge in [-0.3, -0.25) is 0 Å². The molecule has 2 aromatic carbocycles. The second-order valence-corrected chi connectivity index (χ2v) is 6.52. The molecule has 21 heavy (non-hydrogen) atoms. The van der Waals surface area contributed by atoms with E-state index in [0.29, 0.717) is 17.9 Å². The Hall–Kier alpha value is -1.91. The van der Waals surface area contributed by atoms with Gasteiger partial charge in [-0.2, -0.15) is 0 Å². The molecule has 0 atom stereocenters. The Kier molecular flexibility index (Phi) is 5.31. The maximum absolute atomic E-state index is 12.0. The Balaban J connectivity index is 1.90. The molecule has 0 aliphatic rings. The van der Waals surface area contributed by atoms with Crippen LogP contribution in [0.15, 0.2) is 71.6 Å². The van der Waals surface area contributed by atoms with Gasteiger partial charge in [-0.1, -0.05) is 54.6 Å². The summed E-state index contributed by atoms with van der Waals surface area (Å²) in [5.74, 6) is 0. The number of benzene rings is 2. The Bertz CT molecular complexity index is 692. The fourth-order valence-electron chi connectivity index (χ4n) is 1.98. The molecule has 4 heteroatoms. The van der Waals surface area contributed by atoms with Crippen LogP contribution in [0.2, 0.25) is 0 Å². The van der Waals surface area contributed by atoms with Gasteiger partial charge in [0, 0.05) is 6.54 Å². The number of hydrogen-bond donors (Lipinski definition) is 1. The van der Waals surface area contributed by atoms with Gasteiger partial charge in [0.1, 0.15) is 0 Å². The molecule has 0 saturated heterocycles. The van der Waals surface area contributed by atoms with E-state index in [4.69, 9.17) is 0 Å². The van der Waals surface area contributed by atoms with Crippen LogP contribution in [0.4, 0.5) is 0 Å². The van der Waals surface area contributed by atoms with Crippen LogP contribution in [0.5, 0.6) is 0 Å². The molecule has 1 N–H and O–H groups in total. The Labute approximate surface area is 126 Å². The van der Waals surface area contributed by atoms with Crippen molar-refractivity contribution in [2.24, 2.45) is 0 Å². The minimum atomic E-state index is -3.40. The van der Waals surface area contributed by atoms with Gasteiger partial charge in [0.25, 0.3) is 0 Å². The van der Waals surface area contributed by atoms with E-state index in [1.54, 1.807) is 30.3 Å². The molecule has 0 aromatic heterocycles. The zero-order chi connectivity index (χ0) is 15.1. The van der Waals surface area contributed by atoms with Crippen molar-refractivity contribution >= 4 is 15.6 Å². The van der Waals surface area contributed by atoms with Crippen molar-refractivity contribution in [2.45, 2.75) is 18.2 Å². The molecule has 0 aliphatic carbocycles. The van der Waals surface area contributed by atoms with Crippen molar-refractivity contribution < 1.29 is 8.42 Å². The molecule has 0 radical (unpaired) electrons. The molecule has 0 heterocycles. The third-order valence-electron chi connectivity index (χ3n) is 3.17. The fraction of sp³-hybridized carbons (Fsp3) is 0.176. The largest absolute Gasteiger partial charge is 0.240 e. The summed E-state index contributed by atoms with van der Waals surface area (Å²) < 4.78 is 26.6. The summed E-state index contributed by atoms with van der Waals surface area (Å²) in [6.07, 6.45) is 2.70. The summed E-state index contributed by atoms with van der Waals surface area (Å²) in [5, 5.41) is 0. The van der Waals surface area contributed by atoms with E-state index in [2.05, 4.69) is 4.72 Å². The van der Waals surface area contributed by atoms with Crippen LogP contribution in [0.3, 0.4) is 0 Å². The average Bonchev–Trinajstić information content (AvgIpc) is 2.53. The third-order valence-corrected chi connectivity index (χ3v) is 4.65. The SMILES string of the molecule is C/C(=C\CCNS(=O)(=O)c1ccccc1)c1ccccc1. The highest BCUT2D eigenvalue weighted by Crippen LogP contribution is 2.13. The van der Waals surface area contributed by atoms with E-state index in [9.17, 15) is 8.42 Å². The summed E-state index contributed by atoms with van der Waals surface area (Å²) in [7, 11) is -3.40. The molecular weight excluding hydrogens is 282 g/mol. The van der Waals surface area contributed by atoms with E-state index >= 15 is 0 Å². The maximum Gasteiger partial charge on any atom is 0.240 e. The van der Waals surface area contributed by atoms with Gasteiger partial charge < -0.3 is 0 Å². The zero-order valence-corrected chi connectivity index (χ0v) is 12.8. The molecule has 0 aliphatic heterocycles. The predicted molar refractivity (Wildman–Crippen MR) is 86.3 cm³/mol. The molecule has 110 valence electrons. The molecule has 0 fully saturated rings. The van der Waals surface area contributed by atoms with Crippen molar-refractivity contribution in [3.05, 3.63) is 72.3 Å². The molecule has 0 spiro atoms. The van der Waals surface area contributed by atoms with Gasteiger partial charge >= 0.3 is 0 Å². The van der Waals surface area contributed by atoms with E-state index in [-0.39, 0.29) is 0 Å². The zero-order valence-electron chi connectivity index (χ0n) is 12.0. The van der Waals surface area contributed by atoms with Crippen LogP contribution in [-0.2, 0) is 10.0 Å². The molecule has 2 aromatic rings. The van der Waals surface area contributed by atoms with Crippen LogP contribution in [0.1, 0.15) is 18.9 Å². The van der Waals surface area contributed by atoms with E-state index < -0.39 is 10.0 Å². The molecule has 0 unspecified atom stereocenters. The molecular formula is C17H19NO2S. The fourth-order valence-corrected chi connectivity index (χ4v) is 3.05. The van der Waals surface area contributed by atoms with Crippen LogP contribution in [0.25, 0.3) is 5.57 Å². The van der Waals surface area contributed by atoms with Crippen molar-refractivity contribution in [3.8, 4) is 0 Å². The van der Waals surface area contributed by atoms with Gasteiger partial charge in [-0.15, -0.1) is 0 Å². The highest BCUT2D eigenvalue weighted by molar-refractivity contribution is 7.89. The number of hydrogen-bond acceptors (Lipinski definition) is 2. The lowest BCUT2D eigenvalue weighted by Gasteiger charge is -2.06. The second-order valence-electron chi connectivity index (χ2n) is 4.75. The Morgan fingerprint density at radius 2 is 1.57 bits per heavy atom. The van der Waals surface area contributed by atoms with Crippen LogP contribution in [-0.4, -0.2) is 15.0 Å². The van der Waals surface area contributed by atoms with E-state index in [1.165, 1.54) is 0 Å². The minimum absolute atomic E-state index is 0.300. The first-order valence-corrected chi connectivity index (χ1v) is 8.35. The van der Waals surface area contributed by atoms with Gasteiger partial charge in [0.2, 0.25) is 10.0 Å². The lowest BCUT2D eigenvalue weighted by atomic mass is 10.1. The van der Waals surface area contributed by atoms with Crippen LogP contribution >= 0.6 is 0 Å². The van der Waals surface area contributed by atoms with Crippen LogP contribution < -0.4 is 4.72 Å². The smallest absolute Gasteiger partial charge is 0.211 e. The van der Waals surface area contributed by atoms with Gasteiger partial charge in [-0.25, -0.2) is 13.1 Å². The molecule has 0 saturated carbocycles. The number of rotatable bonds is 6. The van der Waals surface area contributed by atoms with Crippen molar-refractivity contribution in [3.63, 3.8) is 0 Å². The highest BCUT2D eigenvalue weighted by Gasteiger charge is 2.11. The number of sulfonamides is 1. The average molecular weight is 301 g/mol. The second kappa shape index (κ2) is 7.20. The number of allylic oxidation sites excluding steroid dienone is 1. The molecule has 0 amide bonds. The topological polar surface area (TPSA) is 46.2 Å². The van der Waals surface area contributed by atoms with Crippen LogP contribution in [0, 0.1) is 0 Å². The summed E-state index contributed by atoms with van der Waals surface area (Å²) in [6.45, 7) is 2.42. The summed E-state index contributed by atoms with van der Waals surface area (Å²) in [5.41, 5.74) is 2.30. The van der Waals surface area contributed by atoms with Crippen molar-refractivity contribution in [1.82, 2.24) is 4.72 Å². The summed E-state index contributed by atoms with van der Waals surface area (Å²) in [4.78, 5) is 0.300. The molecule has 3 nitrogen and oxygen atoms in total. The third kappa shape index (κ3) is 4.55. The number of nitrogens with one attached hydrogen (secondary N) is 1. The monoisotopic (exact) mass is 301 g/mol. The molecule has 0 bridgehead atoms. The van der Waals surface area contributed by atoms with Gasteiger partial charge in [-0.05, 0) is 36.6 Å².